The highest BCUT2D eigenvalue weighted by Gasteiger charge is 2.55. The predicted molar refractivity (Wildman–Crippen MR) is 97.4 cm³/mol. The molecule has 4 unspecified atom stereocenters. The summed E-state index contributed by atoms with van der Waals surface area (Å²) in [6, 6.07) is 13.6. The summed E-state index contributed by atoms with van der Waals surface area (Å²) in [6.07, 6.45) is 0. The van der Waals surface area contributed by atoms with Crippen molar-refractivity contribution in [1.82, 2.24) is 15.8 Å². The molecule has 0 bridgehead atoms. The first-order chi connectivity index (χ1) is 12.6. The number of carbonyl (C=O) groups excluding carboxylic acids is 1. The summed E-state index contributed by atoms with van der Waals surface area (Å²) in [5.41, 5.74) is 7.90. The fourth-order valence-electron chi connectivity index (χ4n) is 4.16. The largest absolute Gasteiger partial charge is 0.508 e. The van der Waals surface area contributed by atoms with Gasteiger partial charge >= 0.3 is 0 Å². The first-order valence-electron chi connectivity index (χ1n) is 8.57. The molecule has 26 heavy (non-hydrogen) atoms. The highest BCUT2D eigenvalue weighted by molar-refractivity contribution is 6.30. The quantitative estimate of drug-likeness (QED) is 0.656. The van der Waals surface area contributed by atoms with E-state index >= 15 is 0 Å². The Hall–Kier alpha value is -2.12. The summed E-state index contributed by atoms with van der Waals surface area (Å²) in [5.74, 6) is -0.0365. The number of nitrogens with zero attached hydrogens (tertiary/aromatic N) is 1. The van der Waals surface area contributed by atoms with Crippen LogP contribution in [0.15, 0.2) is 48.5 Å². The van der Waals surface area contributed by atoms with E-state index in [-0.39, 0.29) is 42.8 Å². The smallest absolute Gasteiger partial charge is 0.242 e. The SMILES string of the molecule is O=C1C2NNC(c3ccccc3O)C2C(c2cccc(Cl)c2)N1CCO. The zero-order chi connectivity index (χ0) is 18.3. The van der Waals surface area contributed by atoms with Gasteiger partial charge in [0.1, 0.15) is 11.8 Å². The van der Waals surface area contributed by atoms with E-state index in [2.05, 4.69) is 10.9 Å². The Morgan fingerprint density at radius 3 is 2.58 bits per heavy atom. The Morgan fingerprint density at radius 1 is 1.08 bits per heavy atom. The van der Waals surface area contributed by atoms with Crippen molar-refractivity contribution in [3.8, 4) is 5.75 Å². The lowest BCUT2D eigenvalue weighted by atomic mass is 9.83. The van der Waals surface area contributed by atoms with Crippen LogP contribution in [0.5, 0.6) is 5.75 Å². The lowest BCUT2D eigenvalue weighted by Gasteiger charge is -2.31. The standard InChI is InChI=1S/C19H20ClN3O3/c20-12-5-3-4-11(10-12)18-15-16(13-6-1-2-7-14(13)25)21-22-17(15)19(26)23(18)8-9-24/h1-7,10,15-18,21-22,24-25H,8-9H2. The lowest BCUT2D eigenvalue weighted by Crippen LogP contribution is -2.42. The number of para-hydroxylation sites is 1. The van der Waals surface area contributed by atoms with Crippen molar-refractivity contribution in [3.05, 3.63) is 64.7 Å². The molecular weight excluding hydrogens is 354 g/mol. The number of halogens is 1. The van der Waals surface area contributed by atoms with Crippen LogP contribution in [0.25, 0.3) is 0 Å². The number of benzene rings is 2. The van der Waals surface area contributed by atoms with Crippen LogP contribution in [0.3, 0.4) is 0 Å². The van der Waals surface area contributed by atoms with Crippen LogP contribution in [0.4, 0.5) is 0 Å². The third kappa shape index (κ3) is 2.75. The van der Waals surface area contributed by atoms with Crippen LogP contribution in [-0.4, -0.2) is 40.2 Å². The molecule has 0 spiro atoms. The number of fused-ring (bicyclic) bond motifs is 1. The molecular formula is C19H20ClN3O3. The van der Waals surface area contributed by atoms with E-state index in [1.807, 2.05) is 30.3 Å². The van der Waals surface area contributed by atoms with E-state index in [4.69, 9.17) is 11.6 Å². The first-order valence-corrected chi connectivity index (χ1v) is 8.95. The van der Waals surface area contributed by atoms with Gasteiger partial charge in [-0.05, 0) is 23.8 Å². The van der Waals surface area contributed by atoms with Gasteiger partial charge in [-0.15, -0.1) is 0 Å². The summed E-state index contributed by atoms with van der Waals surface area (Å²) >= 11 is 6.18. The molecule has 0 saturated carbocycles. The molecule has 1 amide bonds. The zero-order valence-corrected chi connectivity index (χ0v) is 14.7. The summed E-state index contributed by atoms with van der Waals surface area (Å²) < 4.78 is 0. The van der Waals surface area contributed by atoms with E-state index in [0.717, 1.165) is 11.1 Å². The number of hydrazine groups is 1. The van der Waals surface area contributed by atoms with E-state index in [9.17, 15) is 15.0 Å². The number of aliphatic hydroxyl groups is 1. The second-order valence-electron chi connectivity index (χ2n) is 6.64. The summed E-state index contributed by atoms with van der Waals surface area (Å²) in [4.78, 5) is 14.6. The van der Waals surface area contributed by atoms with Gasteiger partial charge in [-0.2, -0.15) is 0 Å². The van der Waals surface area contributed by atoms with Crippen molar-refractivity contribution < 1.29 is 15.0 Å². The maximum Gasteiger partial charge on any atom is 0.242 e. The van der Waals surface area contributed by atoms with Gasteiger partial charge in [0.05, 0.1) is 18.7 Å². The Bertz CT molecular complexity index is 831. The fraction of sp³-hybridized carbons (Fsp3) is 0.316. The zero-order valence-electron chi connectivity index (χ0n) is 14.0. The number of hydrogen-bond donors (Lipinski definition) is 4. The monoisotopic (exact) mass is 373 g/mol. The molecule has 0 radical (unpaired) electrons. The fourth-order valence-corrected chi connectivity index (χ4v) is 4.36. The Morgan fingerprint density at radius 2 is 1.85 bits per heavy atom. The lowest BCUT2D eigenvalue weighted by molar-refractivity contribution is -0.131. The Balaban J connectivity index is 1.79. The minimum absolute atomic E-state index is 0.0700. The maximum absolute atomic E-state index is 12.9. The molecule has 2 heterocycles. The minimum atomic E-state index is -0.435. The number of phenols is 1. The summed E-state index contributed by atoms with van der Waals surface area (Å²) in [7, 11) is 0. The third-order valence-electron chi connectivity index (χ3n) is 5.22. The van der Waals surface area contributed by atoms with Gasteiger partial charge < -0.3 is 15.1 Å². The van der Waals surface area contributed by atoms with Gasteiger partial charge in [0.25, 0.3) is 0 Å². The van der Waals surface area contributed by atoms with Crippen molar-refractivity contribution in [2.45, 2.75) is 18.1 Å². The summed E-state index contributed by atoms with van der Waals surface area (Å²) in [6.45, 7) is 0.134. The van der Waals surface area contributed by atoms with Crippen LogP contribution in [0.1, 0.15) is 23.2 Å². The molecule has 0 aromatic heterocycles. The van der Waals surface area contributed by atoms with E-state index < -0.39 is 6.04 Å². The second-order valence-corrected chi connectivity index (χ2v) is 7.07. The molecule has 0 aliphatic carbocycles. The molecule has 2 fully saturated rings. The van der Waals surface area contributed by atoms with Gasteiger partial charge in [-0.3, -0.25) is 4.79 Å². The van der Waals surface area contributed by atoms with Gasteiger partial charge in [0.15, 0.2) is 0 Å². The van der Waals surface area contributed by atoms with E-state index in [0.29, 0.717) is 5.02 Å². The number of phenolic OH excluding ortho intramolecular Hbond substituents is 1. The number of rotatable bonds is 4. The number of carbonyl (C=O) groups is 1. The average molecular weight is 374 g/mol. The molecule has 2 aromatic carbocycles. The first kappa shape index (κ1) is 17.3. The Labute approximate surface area is 156 Å². The molecule has 2 aliphatic rings. The second kappa shape index (κ2) is 6.89. The van der Waals surface area contributed by atoms with Crippen molar-refractivity contribution in [1.29, 1.82) is 0 Å². The molecule has 2 aliphatic heterocycles. The number of aromatic hydroxyl groups is 1. The molecule has 2 saturated heterocycles. The molecule has 6 nitrogen and oxygen atoms in total. The van der Waals surface area contributed by atoms with Gasteiger partial charge in [-0.25, -0.2) is 10.9 Å². The summed E-state index contributed by atoms with van der Waals surface area (Å²) in [5, 5.41) is 20.4. The number of nitrogens with one attached hydrogen (secondary N) is 2. The third-order valence-corrected chi connectivity index (χ3v) is 5.45. The molecule has 4 rings (SSSR count). The molecule has 4 atom stereocenters. The average Bonchev–Trinajstić information content (AvgIpc) is 3.16. The number of β-amino-alcohol motifs (C(OH)–C–C–N with tert-alkyl or cyclic N) is 1. The van der Waals surface area contributed by atoms with Crippen molar-refractivity contribution in [3.63, 3.8) is 0 Å². The number of hydrogen-bond acceptors (Lipinski definition) is 5. The highest BCUT2D eigenvalue weighted by atomic mass is 35.5. The van der Waals surface area contributed by atoms with Gasteiger partial charge in [-0.1, -0.05) is 41.9 Å². The number of amides is 1. The highest BCUT2D eigenvalue weighted by Crippen LogP contribution is 2.48. The van der Waals surface area contributed by atoms with Crippen LogP contribution >= 0.6 is 11.6 Å². The minimum Gasteiger partial charge on any atom is -0.508 e. The maximum atomic E-state index is 12.9. The van der Waals surface area contributed by atoms with Gasteiger partial charge in [0.2, 0.25) is 5.91 Å². The van der Waals surface area contributed by atoms with Crippen molar-refractivity contribution >= 4 is 17.5 Å². The number of aliphatic hydroxyl groups excluding tert-OH is 1. The number of likely N-dealkylation sites (tertiary alicyclic amines) is 1. The topological polar surface area (TPSA) is 84.8 Å². The van der Waals surface area contributed by atoms with Crippen molar-refractivity contribution in [2.75, 3.05) is 13.2 Å². The van der Waals surface area contributed by atoms with Gasteiger partial charge in [0, 0.05) is 23.0 Å². The van der Waals surface area contributed by atoms with E-state index in [1.165, 1.54) is 0 Å². The van der Waals surface area contributed by atoms with Crippen LogP contribution in [0, 0.1) is 5.92 Å². The normalized spacial score (nSPS) is 27.8. The molecule has 2 aromatic rings. The van der Waals surface area contributed by atoms with Crippen LogP contribution in [0.2, 0.25) is 5.02 Å². The van der Waals surface area contributed by atoms with Crippen LogP contribution in [-0.2, 0) is 4.79 Å². The van der Waals surface area contributed by atoms with E-state index in [1.54, 1.807) is 23.1 Å². The molecule has 136 valence electrons. The Kier molecular flexibility index (Phi) is 4.58. The molecule has 4 N–H and O–H groups in total. The van der Waals surface area contributed by atoms with Crippen molar-refractivity contribution in [2.24, 2.45) is 5.92 Å². The molecule has 7 heteroatoms. The predicted octanol–water partition coefficient (Wildman–Crippen LogP) is 1.76. The van der Waals surface area contributed by atoms with Crippen LogP contribution < -0.4 is 10.9 Å².